The van der Waals surface area contributed by atoms with Crippen molar-refractivity contribution < 1.29 is 9.59 Å². The fourth-order valence-corrected chi connectivity index (χ4v) is 4.59. The first kappa shape index (κ1) is 20.5. The van der Waals surface area contributed by atoms with Gasteiger partial charge in [0.1, 0.15) is 0 Å². The van der Waals surface area contributed by atoms with E-state index in [0.29, 0.717) is 12.1 Å². The number of amides is 2. The Kier molecular flexibility index (Phi) is 8.01. The van der Waals surface area contributed by atoms with Crippen LogP contribution >= 0.6 is 12.4 Å². The highest BCUT2D eigenvalue weighted by molar-refractivity contribution is 5.85. The first-order valence-electron chi connectivity index (χ1n) is 9.98. The molecule has 0 unspecified atom stereocenters. The van der Waals surface area contributed by atoms with Crippen LogP contribution in [0.4, 0.5) is 0 Å². The van der Waals surface area contributed by atoms with Crippen molar-refractivity contribution in [1.82, 2.24) is 10.6 Å². The number of nitrogens with two attached hydrogens (primary N) is 1. The molecule has 3 rings (SSSR count). The van der Waals surface area contributed by atoms with Gasteiger partial charge < -0.3 is 16.4 Å². The normalized spacial score (nSPS) is 33.3. The maximum atomic E-state index is 12.5. The summed E-state index contributed by atoms with van der Waals surface area (Å²) in [6.07, 6.45) is 12.2. The Morgan fingerprint density at radius 3 is 1.52 bits per heavy atom. The van der Waals surface area contributed by atoms with Crippen LogP contribution in [0.2, 0.25) is 0 Å². The fraction of sp³-hybridized carbons (Fsp3) is 0.895. The second-order valence-corrected chi connectivity index (χ2v) is 8.16. The van der Waals surface area contributed by atoms with Crippen molar-refractivity contribution in [3.05, 3.63) is 0 Å². The maximum absolute atomic E-state index is 12.5. The van der Waals surface area contributed by atoms with Crippen LogP contribution in [0.15, 0.2) is 0 Å². The van der Waals surface area contributed by atoms with E-state index in [0.717, 1.165) is 64.2 Å². The predicted molar refractivity (Wildman–Crippen MR) is 101 cm³/mol. The van der Waals surface area contributed by atoms with Crippen molar-refractivity contribution in [2.24, 2.45) is 17.6 Å². The summed E-state index contributed by atoms with van der Waals surface area (Å²) in [5.41, 5.74) is 5.92. The third-order valence-electron chi connectivity index (χ3n) is 6.29. The van der Waals surface area contributed by atoms with Crippen LogP contribution in [-0.4, -0.2) is 29.9 Å². The molecule has 144 valence electrons. The lowest BCUT2D eigenvalue weighted by Crippen LogP contribution is -2.45. The topological polar surface area (TPSA) is 84.2 Å². The fourth-order valence-electron chi connectivity index (χ4n) is 4.59. The van der Waals surface area contributed by atoms with E-state index in [4.69, 9.17) is 5.73 Å². The summed E-state index contributed by atoms with van der Waals surface area (Å²) in [4.78, 5) is 24.7. The van der Waals surface area contributed by atoms with E-state index in [1.54, 1.807) is 0 Å². The number of rotatable bonds is 4. The van der Waals surface area contributed by atoms with E-state index in [9.17, 15) is 9.59 Å². The summed E-state index contributed by atoms with van der Waals surface area (Å²) in [5.74, 6) is 0.832. The molecule has 0 aliphatic heterocycles. The number of halogens is 1. The van der Waals surface area contributed by atoms with Crippen molar-refractivity contribution in [2.45, 2.75) is 95.2 Å². The molecule has 6 heteroatoms. The van der Waals surface area contributed by atoms with E-state index in [2.05, 4.69) is 10.6 Å². The highest BCUT2D eigenvalue weighted by Gasteiger charge is 2.31. The second kappa shape index (κ2) is 9.77. The summed E-state index contributed by atoms with van der Waals surface area (Å²) in [5, 5.41) is 6.45. The van der Waals surface area contributed by atoms with Gasteiger partial charge in [-0.05, 0) is 64.2 Å². The van der Waals surface area contributed by atoms with Gasteiger partial charge in [-0.25, -0.2) is 0 Å². The van der Waals surface area contributed by atoms with E-state index >= 15 is 0 Å². The third-order valence-corrected chi connectivity index (χ3v) is 6.29. The van der Waals surface area contributed by atoms with Gasteiger partial charge in [-0.1, -0.05) is 12.8 Å². The van der Waals surface area contributed by atoms with Crippen LogP contribution in [-0.2, 0) is 9.59 Å². The van der Waals surface area contributed by atoms with E-state index in [-0.39, 0.29) is 42.1 Å². The van der Waals surface area contributed by atoms with Gasteiger partial charge in [0.15, 0.2) is 0 Å². The Labute approximate surface area is 157 Å². The number of carbonyl (C=O) groups is 2. The lowest BCUT2D eigenvalue weighted by molar-refractivity contribution is -0.127. The zero-order chi connectivity index (χ0) is 16.9. The van der Waals surface area contributed by atoms with Gasteiger partial charge >= 0.3 is 0 Å². The highest BCUT2D eigenvalue weighted by atomic mass is 35.5. The molecule has 5 nitrogen and oxygen atoms in total. The molecule has 0 spiro atoms. The quantitative estimate of drug-likeness (QED) is 0.710. The van der Waals surface area contributed by atoms with Gasteiger partial charge in [-0.15, -0.1) is 12.4 Å². The largest absolute Gasteiger partial charge is 0.353 e. The Hall–Kier alpha value is -0.810. The molecule has 2 amide bonds. The molecule has 0 bridgehead atoms. The number of hydrogen-bond acceptors (Lipinski definition) is 3. The molecular formula is C19H34ClN3O2. The van der Waals surface area contributed by atoms with Crippen LogP contribution in [0.5, 0.6) is 0 Å². The number of hydrogen-bond donors (Lipinski definition) is 3. The van der Waals surface area contributed by atoms with Gasteiger partial charge in [-0.2, -0.15) is 0 Å². The number of carbonyl (C=O) groups excluding carboxylic acids is 2. The van der Waals surface area contributed by atoms with Crippen LogP contribution in [0.1, 0.15) is 77.0 Å². The van der Waals surface area contributed by atoms with Crippen molar-refractivity contribution in [2.75, 3.05) is 0 Å². The highest BCUT2D eigenvalue weighted by Crippen LogP contribution is 2.28. The molecule has 4 N–H and O–H groups in total. The smallest absolute Gasteiger partial charge is 0.223 e. The molecule has 3 aliphatic carbocycles. The molecule has 3 saturated carbocycles. The molecule has 0 atom stereocenters. The first-order chi connectivity index (χ1) is 11.6. The lowest BCUT2D eigenvalue weighted by atomic mass is 9.84. The third kappa shape index (κ3) is 5.85. The van der Waals surface area contributed by atoms with Gasteiger partial charge in [0, 0.05) is 30.0 Å². The van der Waals surface area contributed by atoms with Crippen molar-refractivity contribution >= 4 is 24.2 Å². The van der Waals surface area contributed by atoms with E-state index < -0.39 is 0 Å². The van der Waals surface area contributed by atoms with Crippen molar-refractivity contribution in [3.8, 4) is 0 Å². The van der Waals surface area contributed by atoms with Gasteiger partial charge in [0.2, 0.25) is 11.8 Å². The Balaban J connectivity index is 0.00000225. The maximum Gasteiger partial charge on any atom is 0.223 e. The summed E-state index contributed by atoms with van der Waals surface area (Å²) in [6, 6.07) is 0.906. The molecule has 0 aromatic carbocycles. The van der Waals surface area contributed by atoms with E-state index in [1.807, 2.05) is 0 Å². The molecular weight excluding hydrogens is 338 g/mol. The van der Waals surface area contributed by atoms with Crippen LogP contribution in [0.25, 0.3) is 0 Å². The molecule has 3 fully saturated rings. The Morgan fingerprint density at radius 2 is 1.04 bits per heavy atom. The van der Waals surface area contributed by atoms with Crippen LogP contribution < -0.4 is 16.4 Å². The van der Waals surface area contributed by atoms with Crippen LogP contribution in [0, 0.1) is 11.8 Å². The monoisotopic (exact) mass is 371 g/mol. The molecule has 0 aromatic rings. The van der Waals surface area contributed by atoms with Crippen molar-refractivity contribution in [1.29, 1.82) is 0 Å². The lowest BCUT2D eigenvalue weighted by Gasteiger charge is -2.32. The van der Waals surface area contributed by atoms with Crippen molar-refractivity contribution in [3.63, 3.8) is 0 Å². The van der Waals surface area contributed by atoms with Gasteiger partial charge in [-0.3, -0.25) is 9.59 Å². The van der Waals surface area contributed by atoms with Crippen LogP contribution in [0.3, 0.4) is 0 Å². The zero-order valence-corrected chi connectivity index (χ0v) is 16.0. The molecule has 0 radical (unpaired) electrons. The molecule has 25 heavy (non-hydrogen) atoms. The Morgan fingerprint density at radius 1 is 0.640 bits per heavy atom. The Bertz CT molecular complexity index is 438. The summed E-state index contributed by atoms with van der Waals surface area (Å²) in [6.45, 7) is 0. The average Bonchev–Trinajstić information content (AvgIpc) is 3.12. The summed E-state index contributed by atoms with van der Waals surface area (Å²) in [7, 11) is 0. The minimum absolute atomic E-state index is 0. The minimum Gasteiger partial charge on any atom is -0.353 e. The minimum atomic E-state index is 0. The first-order valence-corrected chi connectivity index (χ1v) is 9.98. The van der Waals surface area contributed by atoms with Gasteiger partial charge in [0.25, 0.3) is 0 Å². The molecule has 0 saturated heterocycles. The molecule has 3 aliphatic rings. The predicted octanol–water partition coefficient (Wildman–Crippen LogP) is 2.66. The summed E-state index contributed by atoms with van der Waals surface area (Å²) < 4.78 is 0. The second-order valence-electron chi connectivity index (χ2n) is 8.16. The molecule has 0 aromatic heterocycles. The SMILES string of the molecule is Cl.NC1CCC(NC(=O)C2CCC(NC(=O)C3CCCC3)CC2)CC1. The van der Waals surface area contributed by atoms with E-state index in [1.165, 1.54) is 12.8 Å². The zero-order valence-electron chi connectivity index (χ0n) is 15.2. The average molecular weight is 372 g/mol. The standard InChI is InChI=1S/C19H33N3O2.ClH/c20-15-7-11-17(12-8-15)22-19(24)14-5-9-16(10-6-14)21-18(23)13-3-1-2-4-13;/h13-17H,1-12,20H2,(H,21,23)(H,22,24);1H. The summed E-state index contributed by atoms with van der Waals surface area (Å²) >= 11 is 0. The number of nitrogens with one attached hydrogen (secondary N) is 2. The molecule has 0 heterocycles. The van der Waals surface area contributed by atoms with Gasteiger partial charge in [0.05, 0.1) is 0 Å².